The molecule has 9 heteroatoms. The molecule has 0 saturated carbocycles. The van der Waals surface area contributed by atoms with Crippen molar-refractivity contribution in [1.82, 2.24) is 24.5 Å². The molecule has 1 aliphatic rings. The van der Waals surface area contributed by atoms with Crippen LogP contribution in [0.15, 0.2) is 30.6 Å². The highest BCUT2D eigenvalue weighted by Gasteiger charge is 2.24. The predicted molar refractivity (Wildman–Crippen MR) is 125 cm³/mol. The molecule has 0 bridgehead atoms. The fourth-order valence-electron chi connectivity index (χ4n) is 4.69. The van der Waals surface area contributed by atoms with E-state index in [0.717, 1.165) is 41.1 Å². The molecule has 1 fully saturated rings. The van der Waals surface area contributed by atoms with Gasteiger partial charge in [0.15, 0.2) is 17.3 Å². The Morgan fingerprint density at radius 2 is 1.91 bits per heavy atom. The van der Waals surface area contributed by atoms with Gasteiger partial charge in [-0.15, -0.1) is 0 Å². The number of aryl methyl sites for hydroxylation is 2. The molecule has 0 amide bonds. The van der Waals surface area contributed by atoms with E-state index in [9.17, 15) is 4.39 Å². The zero-order valence-electron chi connectivity index (χ0n) is 19.0. The third-order valence-corrected chi connectivity index (χ3v) is 5.93. The Morgan fingerprint density at radius 3 is 2.62 bits per heavy atom. The van der Waals surface area contributed by atoms with Gasteiger partial charge in [0.2, 0.25) is 0 Å². The number of benzene rings is 1. The number of rotatable bonds is 4. The monoisotopic (exact) mass is 437 g/mol. The van der Waals surface area contributed by atoms with Crippen LogP contribution in [-0.4, -0.2) is 51.4 Å². The maximum Gasteiger partial charge on any atom is 0.173 e. The van der Waals surface area contributed by atoms with E-state index >= 15 is 0 Å². The molecule has 0 unspecified atom stereocenters. The molecule has 2 N–H and O–H groups in total. The third kappa shape index (κ3) is 3.52. The van der Waals surface area contributed by atoms with Gasteiger partial charge in [0.05, 0.1) is 29.4 Å². The van der Waals surface area contributed by atoms with Crippen LogP contribution in [0.1, 0.15) is 19.5 Å². The lowest BCUT2D eigenvalue weighted by molar-refractivity contribution is 0.404. The number of piperazine rings is 1. The highest BCUT2D eigenvalue weighted by molar-refractivity contribution is 5.99. The summed E-state index contributed by atoms with van der Waals surface area (Å²) < 4.78 is 23.9. The summed E-state index contributed by atoms with van der Waals surface area (Å²) in [4.78, 5) is 6.59. The van der Waals surface area contributed by atoms with Crippen molar-refractivity contribution in [3.05, 3.63) is 42.1 Å². The normalized spacial score (nSPS) is 19.1. The van der Waals surface area contributed by atoms with E-state index in [2.05, 4.69) is 51.6 Å². The standard InChI is InChI=1S/C23H28FN7O/c1-13-9-30(10-14(2)25-13)17-7-19-21(20(8-17)32-5)22(28-29(19)4)27-16-6-18(24)23-26-15(3)11-31(23)12-16/h6-8,11-14,25H,9-10H2,1-5H3,(H,27,28)/t13-,14+. The van der Waals surface area contributed by atoms with Gasteiger partial charge in [-0.3, -0.25) is 4.68 Å². The van der Waals surface area contributed by atoms with E-state index in [4.69, 9.17) is 4.74 Å². The second-order valence-electron chi connectivity index (χ2n) is 8.70. The van der Waals surface area contributed by atoms with Gasteiger partial charge < -0.3 is 24.7 Å². The maximum atomic E-state index is 14.6. The van der Waals surface area contributed by atoms with Crippen LogP contribution in [0, 0.1) is 12.7 Å². The molecule has 2 atom stereocenters. The largest absolute Gasteiger partial charge is 0.496 e. The van der Waals surface area contributed by atoms with Crippen LogP contribution < -0.4 is 20.3 Å². The number of nitrogens with zero attached hydrogens (tertiary/aromatic N) is 5. The first-order valence-corrected chi connectivity index (χ1v) is 10.8. The number of imidazole rings is 1. The smallest absolute Gasteiger partial charge is 0.173 e. The molecule has 4 aromatic rings. The number of nitrogens with one attached hydrogen (secondary N) is 2. The van der Waals surface area contributed by atoms with Gasteiger partial charge in [0, 0.05) is 62.4 Å². The molecule has 32 heavy (non-hydrogen) atoms. The molecule has 8 nitrogen and oxygen atoms in total. The van der Waals surface area contributed by atoms with Crippen LogP contribution in [-0.2, 0) is 7.05 Å². The van der Waals surface area contributed by atoms with Crippen molar-refractivity contribution in [3.8, 4) is 5.75 Å². The first-order chi connectivity index (χ1) is 15.3. The Morgan fingerprint density at radius 1 is 1.16 bits per heavy atom. The SMILES string of the molecule is COc1cc(N2C[C@@H](C)N[C@@H](C)C2)cc2c1c(Nc1cc(F)c3nc(C)cn3c1)nn2C. The molecule has 1 saturated heterocycles. The molecule has 3 aromatic heterocycles. The quantitative estimate of drug-likeness (QED) is 0.508. The number of anilines is 3. The van der Waals surface area contributed by atoms with E-state index in [1.54, 1.807) is 17.7 Å². The molecule has 1 aromatic carbocycles. The van der Waals surface area contributed by atoms with Crippen molar-refractivity contribution in [2.24, 2.45) is 7.05 Å². The second-order valence-corrected chi connectivity index (χ2v) is 8.70. The summed E-state index contributed by atoms with van der Waals surface area (Å²) in [5, 5.41) is 12.4. The summed E-state index contributed by atoms with van der Waals surface area (Å²) in [6.07, 6.45) is 3.60. The van der Waals surface area contributed by atoms with E-state index < -0.39 is 0 Å². The lowest BCUT2D eigenvalue weighted by atomic mass is 10.1. The zero-order chi connectivity index (χ0) is 22.6. The highest BCUT2D eigenvalue weighted by atomic mass is 19.1. The van der Waals surface area contributed by atoms with Crippen LogP contribution in [0.25, 0.3) is 16.6 Å². The average Bonchev–Trinajstić information content (AvgIpc) is 3.26. The van der Waals surface area contributed by atoms with Crippen LogP contribution >= 0.6 is 0 Å². The number of hydrogen-bond acceptors (Lipinski definition) is 6. The van der Waals surface area contributed by atoms with Crippen molar-refractivity contribution in [3.63, 3.8) is 0 Å². The highest BCUT2D eigenvalue weighted by Crippen LogP contribution is 2.38. The van der Waals surface area contributed by atoms with E-state index in [1.807, 2.05) is 24.9 Å². The summed E-state index contributed by atoms with van der Waals surface area (Å²) in [5.41, 5.74) is 3.70. The van der Waals surface area contributed by atoms with Gasteiger partial charge >= 0.3 is 0 Å². The number of halogens is 1. The van der Waals surface area contributed by atoms with Crippen molar-refractivity contribution < 1.29 is 9.13 Å². The van der Waals surface area contributed by atoms with Crippen molar-refractivity contribution in [2.45, 2.75) is 32.9 Å². The van der Waals surface area contributed by atoms with Crippen molar-refractivity contribution in [2.75, 3.05) is 30.4 Å². The zero-order valence-corrected chi connectivity index (χ0v) is 19.0. The molecular weight excluding hydrogens is 409 g/mol. The van der Waals surface area contributed by atoms with Gasteiger partial charge in [-0.2, -0.15) is 5.10 Å². The fraction of sp³-hybridized carbons (Fsp3) is 0.391. The molecule has 1 aliphatic heterocycles. The minimum Gasteiger partial charge on any atom is -0.496 e. The minimum atomic E-state index is -0.389. The lowest BCUT2D eigenvalue weighted by Gasteiger charge is -2.37. The topological polar surface area (TPSA) is 71.7 Å². The molecule has 168 valence electrons. The summed E-state index contributed by atoms with van der Waals surface area (Å²) in [6, 6.07) is 6.45. The summed E-state index contributed by atoms with van der Waals surface area (Å²) in [5.74, 6) is 0.954. The number of pyridine rings is 1. The minimum absolute atomic E-state index is 0.306. The van der Waals surface area contributed by atoms with Gasteiger partial charge in [0.25, 0.3) is 0 Å². The van der Waals surface area contributed by atoms with Gasteiger partial charge in [-0.05, 0) is 26.8 Å². The molecular formula is C23H28FN7O. The Labute approximate surface area is 186 Å². The summed E-state index contributed by atoms with van der Waals surface area (Å²) >= 11 is 0. The molecule has 0 radical (unpaired) electrons. The summed E-state index contributed by atoms with van der Waals surface area (Å²) in [7, 11) is 3.57. The molecule has 4 heterocycles. The van der Waals surface area contributed by atoms with Gasteiger partial charge in [0.1, 0.15) is 5.75 Å². The van der Waals surface area contributed by atoms with E-state index in [-0.39, 0.29) is 5.82 Å². The van der Waals surface area contributed by atoms with Crippen molar-refractivity contribution >= 4 is 33.7 Å². The van der Waals surface area contributed by atoms with Crippen LogP contribution in [0.3, 0.4) is 0 Å². The number of ether oxygens (including phenoxy) is 1. The Balaban J connectivity index is 1.56. The predicted octanol–water partition coefficient (Wildman–Crippen LogP) is 3.61. The number of methoxy groups -OCH3 is 1. The third-order valence-electron chi connectivity index (χ3n) is 5.93. The number of hydrogen-bond donors (Lipinski definition) is 2. The maximum absolute atomic E-state index is 14.6. The fourth-order valence-corrected chi connectivity index (χ4v) is 4.69. The Bertz CT molecular complexity index is 1300. The van der Waals surface area contributed by atoms with Crippen LogP contribution in [0.5, 0.6) is 5.75 Å². The molecule has 0 aliphatic carbocycles. The van der Waals surface area contributed by atoms with E-state index in [0.29, 0.717) is 29.2 Å². The van der Waals surface area contributed by atoms with Gasteiger partial charge in [-0.25, -0.2) is 9.37 Å². The van der Waals surface area contributed by atoms with Crippen molar-refractivity contribution in [1.29, 1.82) is 0 Å². The average molecular weight is 438 g/mol. The van der Waals surface area contributed by atoms with Gasteiger partial charge in [-0.1, -0.05) is 0 Å². The van der Waals surface area contributed by atoms with Crippen LogP contribution in [0.4, 0.5) is 21.6 Å². The molecule has 5 rings (SSSR count). The van der Waals surface area contributed by atoms with Crippen LogP contribution in [0.2, 0.25) is 0 Å². The second kappa shape index (κ2) is 7.67. The first kappa shape index (κ1) is 20.6. The Hall–Kier alpha value is -3.33. The number of fused-ring (bicyclic) bond motifs is 2. The van der Waals surface area contributed by atoms with E-state index in [1.165, 1.54) is 6.07 Å². The molecule has 0 spiro atoms. The first-order valence-electron chi connectivity index (χ1n) is 10.8. The Kier molecular flexibility index (Phi) is 4.93. The number of aromatic nitrogens is 4. The lowest BCUT2D eigenvalue weighted by Crippen LogP contribution is -2.54. The summed E-state index contributed by atoms with van der Waals surface area (Å²) in [6.45, 7) is 8.08.